The van der Waals surface area contributed by atoms with E-state index < -0.39 is 52.5 Å². The Hall–Kier alpha value is -3.09. The van der Waals surface area contributed by atoms with Crippen molar-refractivity contribution in [3.63, 3.8) is 0 Å². The van der Waals surface area contributed by atoms with Crippen molar-refractivity contribution >= 4 is 17.9 Å². The van der Waals surface area contributed by atoms with Crippen molar-refractivity contribution in [3.8, 4) is 0 Å². The van der Waals surface area contributed by atoms with Crippen molar-refractivity contribution in [2.45, 2.75) is 184 Å². The van der Waals surface area contributed by atoms with Crippen molar-refractivity contribution in [1.29, 1.82) is 0 Å². The number of hydrogen-bond donors (Lipinski definition) is 3. The molecule has 3 N–H and O–H groups in total. The zero-order valence-corrected chi connectivity index (χ0v) is 37.4. The molecular formula is C51H68O11. The van der Waals surface area contributed by atoms with Gasteiger partial charge in [-0.1, -0.05) is 71.1 Å². The number of hydrogen-bond acceptors (Lipinski definition) is 11. The Morgan fingerprint density at radius 2 is 1.69 bits per heavy atom. The van der Waals surface area contributed by atoms with Gasteiger partial charge >= 0.3 is 17.9 Å². The highest BCUT2D eigenvalue weighted by Crippen LogP contribution is 2.76. The zero-order valence-electron chi connectivity index (χ0n) is 37.4. The number of esters is 3. The van der Waals surface area contributed by atoms with E-state index in [9.17, 15) is 29.7 Å². The molecule has 0 amide bonds. The first-order valence-electron chi connectivity index (χ1n) is 24.0. The summed E-state index contributed by atoms with van der Waals surface area (Å²) < 4.78 is 30.7. The molecule has 15 atom stereocenters. The smallest absolute Gasteiger partial charge is 0.334 e. The molecule has 2 saturated heterocycles. The van der Waals surface area contributed by atoms with Crippen molar-refractivity contribution in [3.05, 3.63) is 58.7 Å². The predicted molar refractivity (Wildman–Crippen MR) is 228 cm³/mol. The third-order valence-corrected chi connectivity index (χ3v) is 18.6. The van der Waals surface area contributed by atoms with Gasteiger partial charge in [0.05, 0.1) is 37.3 Å². The van der Waals surface area contributed by atoms with E-state index in [-0.39, 0.29) is 67.4 Å². The Morgan fingerprint density at radius 3 is 2.44 bits per heavy atom. The molecule has 6 saturated carbocycles. The summed E-state index contributed by atoms with van der Waals surface area (Å²) in [5.41, 5.74) is 0.872. The van der Waals surface area contributed by atoms with Crippen LogP contribution >= 0.6 is 0 Å². The average Bonchev–Trinajstić information content (AvgIpc) is 4.18. The Kier molecular flexibility index (Phi) is 10.3. The molecule has 0 aromatic carbocycles. The van der Waals surface area contributed by atoms with E-state index in [1.807, 2.05) is 19.9 Å². The number of aliphatic hydroxyl groups is 3. The van der Waals surface area contributed by atoms with Crippen LogP contribution in [-0.2, 0) is 38.1 Å². The van der Waals surface area contributed by atoms with E-state index in [1.54, 1.807) is 0 Å². The molecule has 11 nitrogen and oxygen atoms in total. The lowest BCUT2D eigenvalue weighted by atomic mass is 9.44. The van der Waals surface area contributed by atoms with Crippen LogP contribution in [0.5, 0.6) is 0 Å². The lowest BCUT2D eigenvalue weighted by molar-refractivity contribution is -0.222. The van der Waals surface area contributed by atoms with Gasteiger partial charge < -0.3 is 39.0 Å². The lowest BCUT2D eigenvalue weighted by Crippen LogP contribution is -2.74. The van der Waals surface area contributed by atoms with Crippen molar-refractivity contribution in [2.24, 2.45) is 46.3 Å². The van der Waals surface area contributed by atoms with E-state index in [1.165, 1.54) is 18.4 Å². The minimum atomic E-state index is -1.37. The van der Waals surface area contributed by atoms with Gasteiger partial charge in [0.15, 0.2) is 11.7 Å². The molecule has 2 unspecified atom stereocenters. The van der Waals surface area contributed by atoms with Gasteiger partial charge in [-0.25, -0.2) is 4.79 Å². The number of carbonyl (C=O) groups is 3. The first-order valence-corrected chi connectivity index (χ1v) is 24.0. The Bertz CT molecular complexity index is 2040. The monoisotopic (exact) mass is 856 g/mol. The zero-order chi connectivity index (χ0) is 43.7. The Morgan fingerprint density at radius 1 is 0.935 bits per heavy atom. The van der Waals surface area contributed by atoms with Crippen LogP contribution in [0.1, 0.15) is 131 Å². The van der Waals surface area contributed by atoms with Crippen LogP contribution in [0.3, 0.4) is 0 Å². The highest BCUT2D eigenvalue weighted by molar-refractivity contribution is 5.92. The number of epoxide rings is 2. The summed E-state index contributed by atoms with van der Waals surface area (Å²) in [4.78, 5) is 39.7. The van der Waals surface area contributed by atoms with Crippen LogP contribution in [0.4, 0.5) is 0 Å². The molecule has 3 aliphatic heterocycles. The number of rotatable bonds is 11. The van der Waals surface area contributed by atoms with Crippen LogP contribution in [0.15, 0.2) is 58.7 Å². The fraction of sp³-hybridized carbons (Fsp3) is 0.745. The number of carbonyl (C=O) groups excluding carboxylic acids is 3. The number of fused-ring (bicyclic) bond motifs is 5. The first kappa shape index (κ1) is 42.8. The maximum Gasteiger partial charge on any atom is 0.334 e. The number of cyclic esters (lactones) is 1. The standard InChI is InChI=1S/C51H68O11/c1-27(2)50-42(61-50)25-49(57)48(6)21-19-34-35(26-58-45(34)56)38(48)24-41-51(49,62-41)46(50)60-44(55)18-17-43(54)59-33-22-32(29(4)40(53)23-33)13-10-30-8-7-20-47(5)36(14-15-37(30)47)28(3)9-16-39(52)31-11-12-31/h9-10,13,16,27-28,31,33,36-42,46,52-53,57H,4,7-8,11-12,14-15,17-26H2,1-3,5-6H3/b16-9+,30-10+,32-13-/t28-,33+,36?,37?,38-,39+,40-,41-,42-,46+,47+,48-,49+,50-,51+/m0/s1. The van der Waals surface area contributed by atoms with Crippen LogP contribution in [-0.4, -0.2) is 93.3 Å². The molecule has 10 rings (SSSR count). The molecule has 11 heteroatoms. The highest BCUT2D eigenvalue weighted by atomic mass is 16.7. The maximum absolute atomic E-state index is 13.8. The van der Waals surface area contributed by atoms with Crippen LogP contribution in [0.2, 0.25) is 0 Å². The SMILES string of the molecule is C=C1/C(=C\C=C2/CCC[C@@]3(C)C2CCC3[C@@H](C)/C=C/[C@@H](O)C2CC2)C[C@@H](OC(=O)CCC(=O)O[C@@H]2[C@@]3(C(C)C)O[C@H]3C[C@]3(O)[C@]24O[C@H]4C[C@H]2C4=C(CC[C@@]23C)C(=O)OC4)C[C@@H]1O. The lowest BCUT2D eigenvalue weighted by Gasteiger charge is -2.60. The summed E-state index contributed by atoms with van der Waals surface area (Å²) in [5, 5.41) is 34.5. The molecular weight excluding hydrogens is 789 g/mol. The molecule has 10 aliphatic rings. The van der Waals surface area contributed by atoms with E-state index in [0.29, 0.717) is 61.3 Å². The molecule has 0 aromatic heterocycles. The number of aliphatic hydroxyl groups excluding tert-OH is 2. The summed E-state index contributed by atoms with van der Waals surface area (Å²) >= 11 is 0. The summed E-state index contributed by atoms with van der Waals surface area (Å²) in [7, 11) is 0. The Balaban J connectivity index is 0.780. The predicted octanol–water partition coefficient (Wildman–Crippen LogP) is 7.07. The van der Waals surface area contributed by atoms with Crippen molar-refractivity contribution in [2.75, 3.05) is 6.61 Å². The topological polar surface area (TPSA) is 165 Å². The summed E-state index contributed by atoms with van der Waals surface area (Å²) in [6, 6.07) is 0. The van der Waals surface area contributed by atoms with Gasteiger partial charge in [-0.3, -0.25) is 9.59 Å². The summed E-state index contributed by atoms with van der Waals surface area (Å²) in [6.45, 7) is 15.4. The van der Waals surface area contributed by atoms with Crippen LogP contribution in [0.25, 0.3) is 0 Å². The second-order valence-corrected chi connectivity index (χ2v) is 21.9. The van der Waals surface area contributed by atoms with Gasteiger partial charge in [0, 0.05) is 30.3 Å². The van der Waals surface area contributed by atoms with E-state index in [4.69, 9.17) is 23.7 Å². The minimum Gasteiger partial charge on any atom is -0.462 e. The van der Waals surface area contributed by atoms with Crippen LogP contribution < -0.4 is 0 Å². The van der Waals surface area contributed by atoms with Crippen molar-refractivity contribution < 1.29 is 53.4 Å². The molecule has 7 aliphatic carbocycles. The number of ether oxygens (including phenoxy) is 5. The second-order valence-electron chi connectivity index (χ2n) is 21.9. The Labute approximate surface area is 366 Å². The molecule has 8 fully saturated rings. The minimum absolute atomic E-state index is 0.0302. The van der Waals surface area contributed by atoms with Gasteiger partial charge in [-0.2, -0.15) is 0 Å². The third kappa shape index (κ3) is 6.39. The molecule has 338 valence electrons. The maximum atomic E-state index is 13.8. The van der Waals surface area contributed by atoms with E-state index in [0.717, 1.165) is 48.8 Å². The quantitative estimate of drug-likeness (QED) is 0.0843. The molecule has 62 heavy (non-hydrogen) atoms. The summed E-state index contributed by atoms with van der Waals surface area (Å²) in [5.74, 6) is 0.373. The second kappa shape index (κ2) is 15.0. The highest BCUT2D eigenvalue weighted by Gasteiger charge is 2.91. The molecule has 0 aromatic rings. The van der Waals surface area contributed by atoms with E-state index >= 15 is 0 Å². The fourth-order valence-electron chi connectivity index (χ4n) is 14.7. The largest absolute Gasteiger partial charge is 0.462 e. The van der Waals surface area contributed by atoms with E-state index in [2.05, 4.69) is 45.6 Å². The first-order chi connectivity index (χ1) is 29.5. The number of allylic oxidation sites excluding steroid dienone is 4. The third-order valence-electron chi connectivity index (χ3n) is 18.6. The van der Waals surface area contributed by atoms with Gasteiger partial charge in [0.25, 0.3) is 0 Å². The molecule has 3 heterocycles. The van der Waals surface area contributed by atoms with Crippen LogP contribution in [0, 0.1) is 46.3 Å². The van der Waals surface area contributed by atoms with Crippen molar-refractivity contribution in [1.82, 2.24) is 0 Å². The average molecular weight is 857 g/mol. The molecule has 0 radical (unpaired) electrons. The fourth-order valence-corrected chi connectivity index (χ4v) is 14.7. The van der Waals surface area contributed by atoms with Gasteiger partial charge in [0.2, 0.25) is 0 Å². The normalized spacial score (nSPS) is 46.3. The molecule has 1 spiro atoms. The molecule has 0 bridgehead atoms. The summed E-state index contributed by atoms with van der Waals surface area (Å²) in [6.07, 6.45) is 15.6. The van der Waals surface area contributed by atoms with Gasteiger partial charge in [-0.05, 0) is 122 Å². The van der Waals surface area contributed by atoms with Gasteiger partial charge in [-0.15, -0.1) is 0 Å². The van der Waals surface area contributed by atoms with Gasteiger partial charge in [0.1, 0.15) is 23.9 Å².